The molecule has 0 radical (unpaired) electrons. The minimum absolute atomic E-state index is 0.143. The molecule has 3 aromatic heterocycles. The monoisotopic (exact) mass is 416 g/mol. The third-order valence-electron chi connectivity index (χ3n) is 5.52. The molecule has 30 heavy (non-hydrogen) atoms. The number of hydrogen-bond acceptors (Lipinski definition) is 7. The first kappa shape index (κ1) is 19.1. The molecular weight excluding hydrogens is 394 g/mol. The zero-order valence-corrected chi connectivity index (χ0v) is 16.6. The van der Waals surface area contributed by atoms with E-state index in [1.807, 2.05) is 17.0 Å². The maximum Gasteiger partial charge on any atom is 0.426 e. The molecule has 0 aliphatic carbocycles. The summed E-state index contributed by atoms with van der Waals surface area (Å²) in [5.41, 5.74) is -0.998. The van der Waals surface area contributed by atoms with Crippen molar-refractivity contribution in [3.8, 4) is 17.1 Å². The molecule has 2 unspecified atom stereocenters. The van der Waals surface area contributed by atoms with Crippen molar-refractivity contribution in [3.63, 3.8) is 0 Å². The molecule has 0 aromatic carbocycles. The third-order valence-corrected chi connectivity index (χ3v) is 5.52. The molecule has 2 atom stereocenters. The summed E-state index contributed by atoms with van der Waals surface area (Å²) in [6.45, 7) is 3.49. The van der Waals surface area contributed by atoms with Gasteiger partial charge in [-0.15, -0.1) is 5.10 Å². The molecule has 10 heteroatoms. The Morgan fingerprint density at radius 1 is 1.17 bits per heavy atom. The van der Waals surface area contributed by atoms with Crippen LogP contribution in [-0.2, 0) is 0 Å². The summed E-state index contributed by atoms with van der Waals surface area (Å²) in [4.78, 5) is 10.9. The van der Waals surface area contributed by atoms with Crippen molar-refractivity contribution in [3.05, 3.63) is 36.5 Å². The number of anilines is 1. The lowest BCUT2D eigenvalue weighted by Gasteiger charge is -2.47. The van der Waals surface area contributed by atoms with Crippen molar-refractivity contribution in [2.24, 2.45) is 0 Å². The number of hydrogen-bond donors (Lipinski definition) is 2. The van der Waals surface area contributed by atoms with E-state index in [9.17, 15) is 13.9 Å². The summed E-state index contributed by atoms with van der Waals surface area (Å²) in [6, 6.07) is 9.24. The third kappa shape index (κ3) is 3.16. The lowest BCUT2D eigenvalue weighted by atomic mass is 9.92. The van der Waals surface area contributed by atoms with Crippen LogP contribution in [0.25, 0.3) is 17.0 Å². The maximum absolute atomic E-state index is 14.4. The summed E-state index contributed by atoms with van der Waals surface area (Å²) in [5.74, 6) is 0.284. The van der Waals surface area contributed by atoms with Gasteiger partial charge in [-0.25, -0.2) is 4.52 Å². The number of piperidine rings is 1. The second-order valence-corrected chi connectivity index (χ2v) is 8.32. The maximum atomic E-state index is 14.4. The molecule has 0 spiro atoms. The normalized spacial score (nSPS) is 21.6. The molecule has 6 heterocycles. The molecule has 3 fully saturated rings. The number of rotatable bonds is 5. The molecule has 2 N–H and O–H groups in total. The van der Waals surface area contributed by atoms with E-state index in [1.54, 1.807) is 18.3 Å². The van der Waals surface area contributed by atoms with Crippen molar-refractivity contribution in [1.29, 1.82) is 0 Å². The van der Waals surface area contributed by atoms with Crippen LogP contribution in [0.4, 0.5) is 14.7 Å². The van der Waals surface area contributed by atoms with Crippen molar-refractivity contribution in [1.82, 2.24) is 24.9 Å². The van der Waals surface area contributed by atoms with Gasteiger partial charge in [0, 0.05) is 31.4 Å². The van der Waals surface area contributed by atoms with E-state index < -0.39 is 11.7 Å². The van der Waals surface area contributed by atoms with Crippen LogP contribution < -0.4 is 15.0 Å². The summed E-state index contributed by atoms with van der Waals surface area (Å²) in [6.07, 6.45) is -1.05. The molecule has 2 bridgehead atoms. The summed E-state index contributed by atoms with van der Waals surface area (Å²) in [5, 5.41) is 17.9. The first-order chi connectivity index (χ1) is 14.2. The molecule has 3 saturated heterocycles. The highest BCUT2D eigenvalue weighted by Crippen LogP contribution is 2.35. The Morgan fingerprint density at radius 2 is 1.90 bits per heavy atom. The predicted molar refractivity (Wildman–Crippen MR) is 106 cm³/mol. The number of halogens is 2. The molecule has 6 rings (SSSR count). The number of aromatic nitrogens is 4. The topological polar surface area (TPSA) is 87.8 Å². The number of pyridine rings is 2. The zero-order chi connectivity index (χ0) is 21.1. The Kier molecular flexibility index (Phi) is 4.19. The van der Waals surface area contributed by atoms with Gasteiger partial charge in [-0.05, 0) is 44.5 Å². The molecular formula is C20H22F2N6O2. The van der Waals surface area contributed by atoms with Crippen LogP contribution in [0.1, 0.15) is 20.3 Å². The SMILES string of the molecule is CC(C)(O)C(F)(F)Oc1ccc(-c2ccccn2)n2nc(N3CC4CC(C3)N4)nc12. The summed E-state index contributed by atoms with van der Waals surface area (Å²) in [7, 11) is 0. The van der Waals surface area contributed by atoms with Crippen LogP contribution in [-0.4, -0.2) is 61.6 Å². The molecule has 0 saturated carbocycles. The van der Waals surface area contributed by atoms with Crippen molar-refractivity contribution in [2.45, 2.75) is 44.1 Å². The average Bonchev–Trinajstić information content (AvgIpc) is 3.13. The minimum atomic E-state index is -3.82. The number of piperazine rings is 1. The second kappa shape index (κ2) is 6.58. The van der Waals surface area contributed by atoms with Gasteiger partial charge in [-0.1, -0.05) is 6.07 Å². The second-order valence-electron chi connectivity index (χ2n) is 8.32. The van der Waals surface area contributed by atoms with E-state index in [4.69, 9.17) is 4.74 Å². The van der Waals surface area contributed by atoms with E-state index >= 15 is 0 Å². The summed E-state index contributed by atoms with van der Waals surface area (Å²) >= 11 is 0. The predicted octanol–water partition coefficient (Wildman–Crippen LogP) is 2.08. The standard InChI is InChI=1S/C20H22F2N6O2/c1-19(2,29)20(21,22)30-16-7-6-15(14-5-3-4-8-23-14)28-17(16)25-18(26-28)27-10-12-9-13(11-27)24-12/h3-8,12-13,24,29H,9-11H2,1-2H3. The molecule has 8 nitrogen and oxygen atoms in total. The highest BCUT2D eigenvalue weighted by Gasteiger charge is 2.49. The number of nitrogens with zero attached hydrogens (tertiary/aromatic N) is 5. The number of fused-ring (bicyclic) bond motifs is 3. The van der Waals surface area contributed by atoms with E-state index in [2.05, 4.69) is 20.4 Å². The van der Waals surface area contributed by atoms with E-state index in [-0.39, 0.29) is 11.4 Å². The van der Waals surface area contributed by atoms with Gasteiger partial charge in [0.1, 0.15) is 0 Å². The van der Waals surface area contributed by atoms with Crippen LogP contribution in [0.3, 0.4) is 0 Å². The van der Waals surface area contributed by atoms with Crippen molar-refractivity contribution >= 4 is 11.6 Å². The highest BCUT2D eigenvalue weighted by atomic mass is 19.3. The van der Waals surface area contributed by atoms with Gasteiger partial charge >= 0.3 is 6.11 Å². The molecule has 3 aromatic rings. The van der Waals surface area contributed by atoms with Gasteiger partial charge in [-0.3, -0.25) is 4.98 Å². The molecule has 158 valence electrons. The minimum Gasteiger partial charge on any atom is -0.426 e. The highest BCUT2D eigenvalue weighted by molar-refractivity contribution is 5.66. The largest absolute Gasteiger partial charge is 0.426 e. The van der Waals surface area contributed by atoms with Gasteiger partial charge in [0.2, 0.25) is 11.6 Å². The van der Waals surface area contributed by atoms with Gasteiger partial charge in [0.05, 0.1) is 11.4 Å². The smallest absolute Gasteiger partial charge is 0.426 e. The van der Waals surface area contributed by atoms with Crippen LogP contribution in [0.15, 0.2) is 36.5 Å². The Labute approximate surface area is 171 Å². The Hall–Kier alpha value is -2.85. The lowest BCUT2D eigenvalue weighted by molar-refractivity contribution is -0.275. The van der Waals surface area contributed by atoms with E-state index in [0.29, 0.717) is 29.4 Å². The van der Waals surface area contributed by atoms with Crippen LogP contribution in [0, 0.1) is 0 Å². The fourth-order valence-electron chi connectivity index (χ4n) is 3.79. The fraction of sp³-hybridized carbons (Fsp3) is 0.450. The number of nitrogens with one attached hydrogen (secondary N) is 1. The lowest BCUT2D eigenvalue weighted by Crippen LogP contribution is -2.67. The van der Waals surface area contributed by atoms with Crippen LogP contribution in [0.2, 0.25) is 0 Å². The van der Waals surface area contributed by atoms with Gasteiger partial charge in [0.25, 0.3) is 0 Å². The Balaban J connectivity index is 1.61. The zero-order valence-electron chi connectivity index (χ0n) is 16.6. The van der Waals surface area contributed by atoms with E-state index in [0.717, 1.165) is 33.4 Å². The van der Waals surface area contributed by atoms with Gasteiger partial charge in [0.15, 0.2) is 11.4 Å². The van der Waals surface area contributed by atoms with Crippen LogP contribution >= 0.6 is 0 Å². The van der Waals surface area contributed by atoms with Crippen molar-refractivity contribution in [2.75, 3.05) is 18.0 Å². The quantitative estimate of drug-likeness (QED) is 0.659. The van der Waals surface area contributed by atoms with Crippen LogP contribution in [0.5, 0.6) is 5.75 Å². The molecule has 0 amide bonds. The number of alkyl halides is 2. The number of ether oxygens (including phenoxy) is 1. The fourth-order valence-corrected chi connectivity index (χ4v) is 3.79. The van der Waals surface area contributed by atoms with Gasteiger partial charge in [-0.2, -0.15) is 13.8 Å². The Bertz CT molecular complexity index is 1070. The van der Waals surface area contributed by atoms with E-state index in [1.165, 1.54) is 10.6 Å². The Morgan fingerprint density at radius 3 is 2.53 bits per heavy atom. The first-order valence-electron chi connectivity index (χ1n) is 9.83. The number of aliphatic hydroxyl groups is 1. The molecule has 3 aliphatic rings. The summed E-state index contributed by atoms with van der Waals surface area (Å²) < 4.78 is 35.3. The van der Waals surface area contributed by atoms with Gasteiger partial charge < -0.3 is 20.1 Å². The molecule has 3 aliphatic heterocycles. The average molecular weight is 416 g/mol. The van der Waals surface area contributed by atoms with Crippen molar-refractivity contribution < 1.29 is 18.6 Å². The first-order valence-corrected chi connectivity index (χ1v) is 9.83.